The lowest BCUT2D eigenvalue weighted by Gasteiger charge is -2.38. The van der Waals surface area contributed by atoms with Crippen LogP contribution in [-0.2, 0) is 30.4 Å². The minimum Gasteiger partial charge on any atom is -0.445 e. The van der Waals surface area contributed by atoms with Gasteiger partial charge in [-0.2, -0.15) is 8.42 Å². The van der Waals surface area contributed by atoms with Crippen molar-refractivity contribution in [2.45, 2.75) is 57.3 Å². The molecular weight excluding hydrogens is 508 g/mol. The molecule has 9 nitrogen and oxygen atoms in total. The van der Waals surface area contributed by atoms with Crippen LogP contribution in [0.3, 0.4) is 0 Å². The van der Waals surface area contributed by atoms with Gasteiger partial charge < -0.3 is 19.3 Å². The predicted molar refractivity (Wildman–Crippen MR) is 141 cm³/mol. The molecule has 2 saturated heterocycles. The van der Waals surface area contributed by atoms with Crippen LogP contribution in [-0.4, -0.2) is 68.3 Å². The Morgan fingerprint density at radius 1 is 0.974 bits per heavy atom. The molecule has 2 aromatic rings. The zero-order valence-electron chi connectivity index (χ0n) is 22.3. The smallest absolute Gasteiger partial charge is 0.410 e. The predicted octanol–water partition coefficient (Wildman–Crippen LogP) is 4.59. The van der Waals surface area contributed by atoms with Gasteiger partial charge in [0.2, 0.25) is 0 Å². The summed E-state index contributed by atoms with van der Waals surface area (Å²) in [5.74, 6) is -0.274. The quantitative estimate of drug-likeness (QED) is 0.490. The fourth-order valence-corrected chi connectivity index (χ4v) is 5.95. The third-order valence-corrected chi connectivity index (χ3v) is 8.21. The molecule has 4 rings (SSSR count). The summed E-state index contributed by atoms with van der Waals surface area (Å²) < 4.78 is 42.2. The summed E-state index contributed by atoms with van der Waals surface area (Å²) in [7, 11) is -3.95. The number of fused-ring (bicyclic) bond motifs is 1. The van der Waals surface area contributed by atoms with Gasteiger partial charge in [-0.15, -0.1) is 0 Å². The number of nitrogens with zero attached hydrogens (tertiary/aromatic N) is 2. The van der Waals surface area contributed by atoms with Gasteiger partial charge in [-0.1, -0.05) is 48.0 Å². The number of hydrogen-bond acceptors (Lipinski definition) is 7. The van der Waals surface area contributed by atoms with Crippen LogP contribution >= 0.6 is 0 Å². The molecule has 2 fully saturated rings. The molecule has 0 N–H and O–H groups in total. The number of aryl methyl sites for hydroxylation is 1. The van der Waals surface area contributed by atoms with Crippen molar-refractivity contribution in [1.29, 1.82) is 0 Å². The van der Waals surface area contributed by atoms with E-state index in [0.29, 0.717) is 13.0 Å². The molecule has 0 spiro atoms. The minimum atomic E-state index is -3.95. The highest BCUT2D eigenvalue weighted by Gasteiger charge is 2.49. The zero-order chi connectivity index (χ0) is 27.5. The number of hydrogen-bond donors (Lipinski definition) is 0. The minimum absolute atomic E-state index is 0.0473. The molecule has 2 aliphatic heterocycles. The Hall–Kier alpha value is -3.11. The summed E-state index contributed by atoms with van der Waals surface area (Å²) >= 11 is 0. The maximum Gasteiger partial charge on any atom is 0.410 e. The Morgan fingerprint density at radius 2 is 1.66 bits per heavy atom. The number of carbonyl (C=O) groups excluding carboxylic acids is 2. The van der Waals surface area contributed by atoms with Crippen LogP contribution in [0.25, 0.3) is 0 Å². The zero-order valence-corrected chi connectivity index (χ0v) is 23.1. The van der Waals surface area contributed by atoms with Gasteiger partial charge in [0, 0.05) is 25.6 Å². The van der Waals surface area contributed by atoms with Crippen molar-refractivity contribution in [3.8, 4) is 0 Å². The lowest BCUT2D eigenvalue weighted by Crippen LogP contribution is -2.52. The Labute approximate surface area is 224 Å². The van der Waals surface area contributed by atoms with Gasteiger partial charge in [0.25, 0.3) is 10.1 Å². The second-order valence-corrected chi connectivity index (χ2v) is 12.6. The highest BCUT2D eigenvalue weighted by molar-refractivity contribution is 7.86. The Morgan fingerprint density at radius 3 is 2.32 bits per heavy atom. The molecule has 2 aliphatic rings. The second-order valence-electron chi connectivity index (χ2n) is 11.0. The van der Waals surface area contributed by atoms with Crippen molar-refractivity contribution in [3.63, 3.8) is 0 Å². The van der Waals surface area contributed by atoms with Crippen LogP contribution < -0.4 is 0 Å². The van der Waals surface area contributed by atoms with Gasteiger partial charge >= 0.3 is 12.2 Å². The molecule has 10 heteroatoms. The van der Waals surface area contributed by atoms with Crippen molar-refractivity contribution in [3.05, 3.63) is 65.7 Å². The number of amides is 2. The van der Waals surface area contributed by atoms with E-state index in [1.165, 1.54) is 12.1 Å². The highest BCUT2D eigenvalue weighted by Crippen LogP contribution is 2.38. The highest BCUT2D eigenvalue weighted by atomic mass is 32.2. The monoisotopic (exact) mass is 544 g/mol. The van der Waals surface area contributed by atoms with Gasteiger partial charge in [0.05, 0.1) is 17.5 Å². The number of ether oxygens (including phenoxy) is 2. The van der Waals surface area contributed by atoms with E-state index in [4.69, 9.17) is 13.7 Å². The number of benzene rings is 2. The lowest BCUT2D eigenvalue weighted by molar-refractivity contribution is 0.0107. The summed E-state index contributed by atoms with van der Waals surface area (Å²) in [5, 5.41) is 0. The lowest BCUT2D eigenvalue weighted by atomic mass is 9.85. The van der Waals surface area contributed by atoms with E-state index in [9.17, 15) is 18.0 Å². The Kier molecular flexibility index (Phi) is 8.32. The van der Waals surface area contributed by atoms with Gasteiger partial charge in [-0.3, -0.25) is 4.18 Å². The standard InChI is InChI=1S/C28H36N2O7S/c1-20-10-12-23(13-11-20)38(33,34)36-19-22-16-30(27(32)37-28(2,3)4)25-17-29(15-14-24(22)25)26(31)35-18-21-8-6-5-7-9-21/h5-13,22,24-25H,14-19H2,1-4H3. The summed E-state index contributed by atoms with van der Waals surface area (Å²) in [4.78, 5) is 29.3. The first-order chi connectivity index (χ1) is 17.9. The second kappa shape index (κ2) is 11.3. The van der Waals surface area contributed by atoms with Gasteiger partial charge in [-0.25, -0.2) is 9.59 Å². The van der Waals surface area contributed by atoms with E-state index in [0.717, 1.165) is 11.1 Å². The molecule has 0 aliphatic carbocycles. The molecule has 2 aromatic carbocycles. The molecule has 0 bridgehead atoms. The fraction of sp³-hybridized carbons (Fsp3) is 0.500. The van der Waals surface area contributed by atoms with Crippen LogP contribution in [0.5, 0.6) is 0 Å². The first kappa shape index (κ1) is 27.9. The normalized spacial score (nSPS) is 21.6. The van der Waals surface area contributed by atoms with Crippen molar-refractivity contribution >= 4 is 22.3 Å². The topological polar surface area (TPSA) is 102 Å². The maximum absolute atomic E-state index is 13.1. The third-order valence-electron chi connectivity index (χ3n) is 6.91. The average molecular weight is 545 g/mol. The molecular formula is C28H36N2O7S. The molecule has 0 radical (unpaired) electrons. The van der Waals surface area contributed by atoms with E-state index in [-0.39, 0.29) is 49.1 Å². The van der Waals surface area contributed by atoms with Crippen LogP contribution in [0.4, 0.5) is 9.59 Å². The van der Waals surface area contributed by atoms with Crippen LogP contribution in [0.15, 0.2) is 59.5 Å². The summed E-state index contributed by atoms with van der Waals surface area (Å²) in [5.41, 5.74) is 1.14. The molecule has 2 heterocycles. The SMILES string of the molecule is Cc1ccc(S(=O)(=O)OCC2CN(C(=O)OC(C)(C)C)C3CN(C(=O)OCc4ccccc4)CCC23)cc1. The van der Waals surface area contributed by atoms with Crippen LogP contribution in [0, 0.1) is 18.8 Å². The summed E-state index contributed by atoms with van der Waals surface area (Å²) in [6, 6.07) is 15.6. The molecule has 2 amide bonds. The first-order valence-corrected chi connectivity index (χ1v) is 14.2. The Balaban J connectivity index is 1.45. The van der Waals surface area contributed by atoms with E-state index in [1.807, 2.05) is 37.3 Å². The van der Waals surface area contributed by atoms with E-state index in [1.54, 1.807) is 42.7 Å². The Bertz CT molecular complexity index is 1230. The summed E-state index contributed by atoms with van der Waals surface area (Å²) in [6.45, 7) is 8.36. The van der Waals surface area contributed by atoms with E-state index < -0.39 is 27.9 Å². The van der Waals surface area contributed by atoms with Crippen molar-refractivity contribution in [2.24, 2.45) is 11.8 Å². The van der Waals surface area contributed by atoms with E-state index in [2.05, 4.69) is 0 Å². The largest absolute Gasteiger partial charge is 0.445 e. The number of likely N-dealkylation sites (tertiary alicyclic amines) is 2. The fourth-order valence-electron chi connectivity index (χ4n) is 4.99. The van der Waals surface area contributed by atoms with Gasteiger partial charge in [-0.05, 0) is 57.7 Å². The molecule has 3 atom stereocenters. The van der Waals surface area contributed by atoms with Gasteiger partial charge in [0.1, 0.15) is 12.2 Å². The van der Waals surface area contributed by atoms with Gasteiger partial charge in [0.15, 0.2) is 0 Å². The number of carbonyl (C=O) groups is 2. The van der Waals surface area contributed by atoms with Crippen molar-refractivity contribution in [2.75, 3.05) is 26.2 Å². The first-order valence-electron chi connectivity index (χ1n) is 12.8. The third kappa shape index (κ3) is 6.85. The summed E-state index contributed by atoms with van der Waals surface area (Å²) in [6.07, 6.45) is -0.350. The molecule has 0 aromatic heterocycles. The average Bonchev–Trinajstić information content (AvgIpc) is 3.24. The van der Waals surface area contributed by atoms with Crippen molar-refractivity contribution < 1.29 is 31.7 Å². The van der Waals surface area contributed by atoms with Crippen molar-refractivity contribution in [1.82, 2.24) is 9.80 Å². The molecule has 38 heavy (non-hydrogen) atoms. The van der Waals surface area contributed by atoms with E-state index >= 15 is 0 Å². The molecule has 0 saturated carbocycles. The molecule has 3 unspecified atom stereocenters. The molecule has 206 valence electrons. The number of rotatable bonds is 6. The van der Waals surface area contributed by atoms with Crippen LogP contribution in [0.1, 0.15) is 38.3 Å². The number of piperidine rings is 1. The van der Waals surface area contributed by atoms with Crippen LogP contribution in [0.2, 0.25) is 0 Å². The maximum atomic E-state index is 13.1.